The van der Waals surface area contributed by atoms with Crippen molar-refractivity contribution in [3.05, 3.63) is 48.5 Å². The Morgan fingerprint density at radius 1 is 1.00 bits per heavy atom. The first kappa shape index (κ1) is 11.4. The average Bonchev–Trinajstić information content (AvgIpc) is 2.73. The van der Waals surface area contributed by atoms with Crippen LogP contribution < -0.4 is 0 Å². The van der Waals surface area contributed by atoms with Crippen LogP contribution in [0.4, 0.5) is 0 Å². The molecule has 0 fully saturated rings. The summed E-state index contributed by atoms with van der Waals surface area (Å²) < 4.78 is 0. The van der Waals surface area contributed by atoms with E-state index < -0.39 is 0 Å². The zero-order valence-electron chi connectivity index (χ0n) is 9.44. The maximum atomic E-state index is 3.86. The molecular weight excluding hydrogens is 186 g/mol. The van der Waals surface area contributed by atoms with Crippen molar-refractivity contribution in [1.82, 2.24) is 15.2 Å². The second-order valence-corrected chi connectivity index (χ2v) is 4.24. The van der Waals surface area contributed by atoms with Gasteiger partial charge in [0.1, 0.15) is 0 Å². The van der Waals surface area contributed by atoms with Gasteiger partial charge in [0.25, 0.3) is 0 Å². The van der Waals surface area contributed by atoms with E-state index in [1.807, 2.05) is 24.3 Å². The van der Waals surface area contributed by atoms with Crippen LogP contribution in [0, 0.1) is 0 Å². The van der Waals surface area contributed by atoms with Crippen molar-refractivity contribution in [3.63, 3.8) is 0 Å². The lowest BCUT2D eigenvalue weighted by Gasteiger charge is -2.14. The molecule has 0 aromatic carbocycles. The van der Waals surface area contributed by atoms with E-state index in [-0.39, 0.29) is 5.41 Å². The number of aromatic nitrogens is 3. The lowest BCUT2D eigenvalue weighted by Crippen LogP contribution is -2.11. The fraction of sp³-hybridized carbons (Fsp3) is 0.333. The van der Waals surface area contributed by atoms with Gasteiger partial charge in [-0.2, -0.15) is 5.10 Å². The van der Waals surface area contributed by atoms with Crippen LogP contribution in [0.25, 0.3) is 0 Å². The van der Waals surface area contributed by atoms with Gasteiger partial charge in [0.2, 0.25) is 0 Å². The highest BCUT2D eigenvalue weighted by Gasteiger charge is 2.13. The number of nitrogens with one attached hydrogen (secondary N) is 1. The van der Waals surface area contributed by atoms with Crippen molar-refractivity contribution >= 4 is 0 Å². The number of nitrogens with zero attached hydrogens (tertiary/aromatic N) is 2. The van der Waals surface area contributed by atoms with Crippen LogP contribution in [0.3, 0.4) is 0 Å². The average molecular weight is 203 g/mol. The minimum atomic E-state index is 0.205. The molecule has 2 rings (SSSR count). The van der Waals surface area contributed by atoms with Gasteiger partial charge in [0.15, 0.2) is 0 Å². The van der Waals surface area contributed by atoms with E-state index in [2.05, 4.69) is 36.0 Å². The minimum absolute atomic E-state index is 0.205. The van der Waals surface area contributed by atoms with Gasteiger partial charge in [-0.1, -0.05) is 26.8 Å². The molecule has 0 aliphatic heterocycles. The molecular formula is C12H17N3. The van der Waals surface area contributed by atoms with Gasteiger partial charge >= 0.3 is 0 Å². The molecule has 0 spiro atoms. The smallest absolute Gasteiger partial charge is 0.0490 e. The Balaban J connectivity index is 0.000000162. The number of H-pyrrole nitrogens is 1. The second kappa shape index (κ2) is 5.29. The molecule has 0 aliphatic rings. The quantitative estimate of drug-likeness (QED) is 0.715. The summed E-state index contributed by atoms with van der Waals surface area (Å²) in [6.07, 6.45) is 5.28. The maximum absolute atomic E-state index is 3.86. The molecule has 0 amide bonds. The van der Waals surface area contributed by atoms with Gasteiger partial charge in [-0.15, -0.1) is 0 Å². The van der Waals surface area contributed by atoms with Gasteiger partial charge in [0, 0.05) is 29.7 Å². The predicted octanol–water partition coefficient (Wildman–Crippen LogP) is 2.79. The normalized spacial score (nSPS) is 10.3. The first-order valence-electron chi connectivity index (χ1n) is 4.95. The zero-order valence-corrected chi connectivity index (χ0v) is 9.44. The molecule has 1 N–H and O–H groups in total. The van der Waals surface area contributed by atoms with Crippen LogP contribution in [0.2, 0.25) is 0 Å². The molecule has 0 unspecified atom stereocenters. The van der Waals surface area contributed by atoms with Crippen LogP contribution in [0.15, 0.2) is 42.9 Å². The number of hydrogen-bond donors (Lipinski definition) is 1. The Bertz CT molecular complexity index is 319. The Kier molecular flexibility index (Phi) is 4.03. The summed E-state index contributed by atoms with van der Waals surface area (Å²) in [5.74, 6) is 0. The Morgan fingerprint density at radius 2 is 1.67 bits per heavy atom. The zero-order chi connectivity index (χ0) is 11.1. The lowest BCUT2D eigenvalue weighted by molar-refractivity contribution is 0.567. The van der Waals surface area contributed by atoms with Crippen molar-refractivity contribution in [2.24, 2.45) is 0 Å². The minimum Gasteiger partial charge on any atom is -0.282 e. The number of hydrogen-bond acceptors (Lipinski definition) is 2. The molecule has 0 aliphatic carbocycles. The van der Waals surface area contributed by atoms with E-state index in [0.717, 1.165) is 0 Å². The predicted molar refractivity (Wildman–Crippen MR) is 61.5 cm³/mol. The maximum Gasteiger partial charge on any atom is 0.0490 e. The third-order valence-corrected chi connectivity index (χ3v) is 1.88. The fourth-order valence-corrected chi connectivity index (χ4v) is 0.986. The molecule has 2 aromatic rings. The van der Waals surface area contributed by atoms with Crippen molar-refractivity contribution < 1.29 is 0 Å². The van der Waals surface area contributed by atoms with E-state index in [1.54, 1.807) is 18.6 Å². The van der Waals surface area contributed by atoms with Gasteiger partial charge in [-0.05, 0) is 18.2 Å². The number of rotatable bonds is 0. The topological polar surface area (TPSA) is 41.6 Å². The molecule has 2 aromatic heterocycles. The Morgan fingerprint density at radius 3 is 1.87 bits per heavy atom. The summed E-state index contributed by atoms with van der Waals surface area (Å²) in [6, 6.07) is 7.72. The fourth-order valence-electron chi connectivity index (χ4n) is 0.986. The van der Waals surface area contributed by atoms with E-state index in [1.165, 1.54) is 5.69 Å². The van der Waals surface area contributed by atoms with Gasteiger partial charge in [0.05, 0.1) is 0 Å². The molecule has 80 valence electrons. The molecule has 3 nitrogen and oxygen atoms in total. The Hall–Kier alpha value is -1.64. The summed E-state index contributed by atoms with van der Waals surface area (Å²) in [4.78, 5) is 3.78. The van der Waals surface area contributed by atoms with E-state index in [9.17, 15) is 0 Å². The summed E-state index contributed by atoms with van der Waals surface area (Å²) >= 11 is 0. The third kappa shape index (κ3) is 4.40. The molecule has 2 heterocycles. The van der Waals surface area contributed by atoms with Crippen molar-refractivity contribution in [2.75, 3.05) is 0 Å². The molecule has 0 saturated heterocycles. The van der Waals surface area contributed by atoms with Crippen LogP contribution in [0.5, 0.6) is 0 Å². The molecule has 15 heavy (non-hydrogen) atoms. The second-order valence-electron chi connectivity index (χ2n) is 4.24. The third-order valence-electron chi connectivity index (χ3n) is 1.88. The van der Waals surface area contributed by atoms with Gasteiger partial charge in [-0.25, -0.2) is 0 Å². The molecule has 0 atom stereocenters. The highest BCUT2D eigenvalue weighted by molar-refractivity contribution is 5.09. The summed E-state index contributed by atoms with van der Waals surface area (Å²) in [6.45, 7) is 6.46. The molecule has 3 heteroatoms. The number of aromatic amines is 1. The monoisotopic (exact) mass is 203 g/mol. The highest BCUT2D eigenvalue weighted by Crippen LogP contribution is 2.17. The largest absolute Gasteiger partial charge is 0.282 e. The Labute approximate surface area is 90.6 Å². The standard InChI is InChI=1S/C7H12N2.C5H5N/c1-7(2,3)6-4-5-8-9-6;1-2-4-6-5-3-1/h4-5H,1-3H3,(H,8,9);1-5H. The molecule has 0 bridgehead atoms. The van der Waals surface area contributed by atoms with Crippen molar-refractivity contribution in [2.45, 2.75) is 26.2 Å². The van der Waals surface area contributed by atoms with Gasteiger partial charge in [-0.3, -0.25) is 10.1 Å². The first-order chi connectivity index (χ1) is 7.11. The number of pyridine rings is 1. The van der Waals surface area contributed by atoms with E-state index in [0.29, 0.717) is 0 Å². The van der Waals surface area contributed by atoms with Crippen LogP contribution >= 0.6 is 0 Å². The summed E-state index contributed by atoms with van der Waals surface area (Å²) in [5.41, 5.74) is 1.39. The first-order valence-corrected chi connectivity index (χ1v) is 4.95. The SMILES string of the molecule is CC(C)(C)c1ccn[nH]1.c1ccncc1. The van der Waals surface area contributed by atoms with Gasteiger partial charge < -0.3 is 0 Å². The van der Waals surface area contributed by atoms with E-state index >= 15 is 0 Å². The highest BCUT2D eigenvalue weighted by atomic mass is 15.1. The van der Waals surface area contributed by atoms with Crippen LogP contribution in [0.1, 0.15) is 26.5 Å². The van der Waals surface area contributed by atoms with Crippen LogP contribution in [-0.2, 0) is 5.41 Å². The molecule has 0 saturated carbocycles. The molecule has 0 radical (unpaired) electrons. The van der Waals surface area contributed by atoms with Crippen LogP contribution in [-0.4, -0.2) is 15.2 Å². The van der Waals surface area contributed by atoms with Crippen molar-refractivity contribution in [3.8, 4) is 0 Å². The van der Waals surface area contributed by atoms with Crippen molar-refractivity contribution in [1.29, 1.82) is 0 Å². The lowest BCUT2D eigenvalue weighted by atomic mass is 9.93. The van der Waals surface area contributed by atoms with E-state index in [4.69, 9.17) is 0 Å². The summed E-state index contributed by atoms with van der Waals surface area (Å²) in [7, 11) is 0. The summed E-state index contributed by atoms with van der Waals surface area (Å²) in [5, 5.41) is 6.79.